The van der Waals surface area contributed by atoms with Gasteiger partial charge in [-0.1, -0.05) is 29.3 Å². The molecule has 3 rings (SSSR count). The van der Waals surface area contributed by atoms with Crippen LogP contribution in [0.4, 0.5) is 0 Å². The van der Waals surface area contributed by atoms with Crippen molar-refractivity contribution in [2.24, 2.45) is 0 Å². The van der Waals surface area contributed by atoms with Gasteiger partial charge in [0.1, 0.15) is 12.1 Å². The summed E-state index contributed by atoms with van der Waals surface area (Å²) in [6.07, 6.45) is 6.68. The van der Waals surface area contributed by atoms with Crippen molar-refractivity contribution in [3.8, 4) is 5.82 Å². The van der Waals surface area contributed by atoms with E-state index in [2.05, 4.69) is 9.97 Å². The van der Waals surface area contributed by atoms with Gasteiger partial charge < -0.3 is 4.90 Å². The molecule has 0 unspecified atom stereocenters. The van der Waals surface area contributed by atoms with Gasteiger partial charge in [-0.3, -0.25) is 9.36 Å². The van der Waals surface area contributed by atoms with Crippen LogP contribution in [0.2, 0.25) is 10.0 Å². The molecule has 2 aromatic heterocycles. The number of rotatable bonds is 4. The molecule has 25 heavy (non-hydrogen) atoms. The minimum Gasteiger partial charge on any atom is -0.335 e. The van der Waals surface area contributed by atoms with Gasteiger partial charge in [-0.15, -0.1) is 0 Å². The standard InChI is InChI=1S/C18H16Cl2N4O/c1-12(15-4-3-14(19)10-16(15)20)23(2)18(25)13-5-6-22-17(9-13)24-8-7-21-11-24/h3-12H,1-2H3/t12-/m1/s1. The zero-order valence-electron chi connectivity index (χ0n) is 13.7. The molecule has 0 saturated heterocycles. The Bertz CT molecular complexity index is 896. The molecule has 1 aromatic carbocycles. The lowest BCUT2D eigenvalue weighted by Gasteiger charge is -2.26. The highest BCUT2D eigenvalue weighted by molar-refractivity contribution is 6.35. The van der Waals surface area contributed by atoms with Crippen LogP contribution >= 0.6 is 23.2 Å². The molecule has 2 heterocycles. The number of imidazole rings is 1. The van der Waals surface area contributed by atoms with Gasteiger partial charge in [0.25, 0.3) is 5.91 Å². The van der Waals surface area contributed by atoms with Crippen molar-refractivity contribution in [1.29, 1.82) is 0 Å². The molecule has 0 aliphatic heterocycles. The molecule has 0 fully saturated rings. The molecule has 5 nitrogen and oxygen atoms in total. The smallest absolute Gasteiger partial charge is 0.254 e. The summed E-state index contributed by atoms with van der Waals surface area (Å²) in [5.41, 5.74) is 1.38. The molecular weight excluding hydrogens is 359 g/mol. The molecule has 0 spiro atoms. The molecule has 0 saturated carbocycles. The molecule has 7 heteroatoms. The summed E-state index contributed by atoms with van der Waals surface area (Å²) >= 11 is 12.2. The van der Waals surface area contributed by atoms with Crippen LogP contribution in [-0.2, 0) is 0 Å². The highest BCUT2D eigenvalue weighted by atomic mass is 35.5. The Labute approximate surface area is 155 Å². The second kappa shape index (κ2) is 7.25. The van der Waals surface area contributed by atoms with Gasteiger partial charge in [0.15, 0.2) is 0 Å². The molecule has 1 atom stereocenters. The minimum absolute atomic E-state index is 0.123. The van der Waals surface area contributed by atoms with Crippen molar-refractivity contribution < 1.29 is 4.79 Å². The third kappa shape index (κ3) is 3.67. The van der Waals surface area contributed by atoms with E-state index in [9.17, 15) is 4.79 Å². The van der Waals surface area contributed by atoms with E-state index >= 15 is 0 Å². The maximum Gasteiger partial charge on any atom is 0.254 e. The maximum atomic E-state index is 12.9. The molecule has 0 radical (unpaired) electrons. The van der Waals surface area contributed by atoms with E-state index in [-0.39, 0.29) is 11.9 Å². The van der Waals surface area contributed by atoms with Crippen LogP contribution in [0.1, 0.15) is 28.9 Å². The number of benzene rings is 1. The SMILES string of the molecule is C[C@H](c1ccc(Cl)cc1Cl)N(C)C(=O)c1ccnc(-n2ccnc2)c1. The number of carbonyl (C=O) groups is 1. The Morgan fingerprint density at radius 3 is 2.68 bits per heavy atom. The van der Waals surface area contributed by atoms with Crippen molar-refractivity contribution in [2.45, 2.75) is 13.0 Å². The lowest BCUT2D eigenvalue weighted by Crippen LogP contribution is -2.30. The Morgan fingerprint density at radius 2 is 2.00 bits per heavy atom. The summed E-state index contributed by atoms with van der Waals surface area (Å²) < 4.78 is 1.75. The Morgan fingerprint density at radius 1 is 1.20 bits per heavy atom. The van der Waals surface area contributed by atoms with Gasteiger partial charge in [-0.05, 0) is 36.8 Å². The van der Waals surface area contributed by atoms with Crippen molar-refractivity contribution in [3.05, 3.63) is 76.4 Å². The first kappa shape index (κ1) is 17.5. The summed E-state index contributed by atoms with van der Waals surface area (Å²) in [6, 6.07) is 8.49. The fourth-order valence-electron chi connectivity index (χ4n) is 2.52. The second-order valence-electron chi connectivity index (χ2n) is 5.63. The molecule has 0 N–H and O–H groups in total. The molecule has 128 valence electrons. The minimum atomic E-state index is -0.206. The van der Waals surface area contributed by atoms with Gasteiger partial charge >= 0.3 is 0 Å². The third-order valence-electron chi connectivity index (χ3n) is 4.08. The van der Waals surface area contributed by atoms with Crippen LogP contribution < -0.4 is 0 Å². The summed E-state index contributed by atoms with van der Waals surface area (Å²) in [5.74, 6) is 0.510. The van der Waals surface area contributed by atoms with E-state index in [0.717, 1.165) is 5.56 Å². The fourth-order valence-corrected chi connectivity index (χ4v) is 3.08. The first-order valence-electron chi connectivity index (χ1n) is 7.64. The molecule has 0 aliphatic carbocycles. The maximum absolute atomic E-state index is 12.9. The quantitative estimate of drug-likeness (QED) is 0.679. The molecule has 1 amide bonds. The number of carbonyl (C=O) groups excluding carboxylic acids is 1. The van der Waals surface area contributed by atoms with E-state index in [0.29, 0.717) is 21.4 Å². The molecule has 0 bridgehead atoms. The number of hydrogen-bond acceptors (Lipinski definition) is 3. The predicted octanol–water partition coefficient (Wildman–Crippen LogP) is 4.41. The number of pyridine rings is 1. The Kier molecular flexibility index (Phi) is 5.06. The van der Waals surface area contributed by atoms with Gasteiger partial charge in [0.05, 0.1) is 6.04 Å². The monoisotopic (exact) mass is 374 g/mol. The normalized spacial score (nSPS) is 12.0. The van der Waals surface area contributed by atoms with E-state index in [1.165, 1.54) is 0 Å². The van der Waals surface area contributed by atoms with Crippen LogP contribution in [0.3, 0.4) is 0 Å². The van der Waals surface area contributed by atoms with E-state index in [1.54, 1.807) is 65.7 Å². The van der Waals surface area contributed by atoms with Crippen LogP contribution in [0.25, 0.3) is 5.82 Å². The topological polar surface area (TPSA) is 51.0 Å². The average Bonchev–Trinajstić information content (AvgIpc) is 3.15. The number of halogens is 2. The van der Waals surface area contributed by atoms with Crippen molar-refractivity contribution in [2.75, 3.05) is 7.05 Å². The lowest BCUT2D eigenvalue weighted by atomic mass is 10.1. The number of hydrogen-bond donors (Lipinski definition) is 0. The van der Waals surface area contributed by atoms with Crippen LogP contribution in [0.15, 0.2) is 55.2 Å². The van der Waals surface area contributed by atoms with Crippen molar-refractivity contribution in [1.82, 2.24) is 19.4 Å². The largest absolute Gasteiger partial charge is 0.335 e. The number of nitrogens with zero attached hydrogens (tertiary/aromatic N) is 4. The second-order valence-corrected chi connectivity index (χ2v) is 6.47. The number of amides is 1. The van der Waals surface area contributed by atoms with E-state index in [1.807, 2.05) is 13.0 Å². The zero-order valence-corrected chi connectivity index (χ0v) is 15.2. The first-order valence-corrected chi connectivity index (χ1v) is 8.39. The average molecular weight is 375 g/mol. The van der Waals surface area contributed by atoms with Gasteiger partial charge in [-0.2, -0.15) is 0 Å². The zero-order chi connectivity index (χ0) is 18.0. The highest BCUT2D eigenvalue weighted by Gasteiger charge is 2.21. The summed E-state index contributed by atoms with van der Waals surface area (Å²) in [6.45, 7) is 1.92. The van der Waals surface area contributed by atoms with E-state index < -0.39 is 0 Å². The Hall–Kier alpha value is -2.37. The molecule has 3 aromatic rings. The van der Waals surface area contributed by atoms with Crippen molar-refractivity contribution in [3.63, 3.8) is 0 Å². The van der Waals surface area contributed by atoms with Crippen LogP contribution in [-0.4, -0.2) is 32.4 Å². The summed E-state index contributed by atoms with van der Waals surface area (Å²) in [5, 5.41) is 1.10. The van der Waals surface area contributed by atoms with Gasteiger partial charge in [0.2, 0.25) is 0 Å². The predicted molar refractivity (Wildman–Crippen MR) is 98.3 cm³/mol. The summed E-state index contributed by atoms with van der Waals surface area (Å²) in [7, 11) is 1.75. The highest BCUT2D eigenvalue weighted by Crippen LogP contribution is 2.29. The van der Waals surface area contributed by atoms with Gasteiger partial charge in [-0.25, -0.2) is 9.97 Å². The van der Waals surface area contributed by atoms with E-state index in [4.69, 9.17) is 23.2 Å². The first-order chi connectivity index (χ1) is 12.0. The fraction of sp³-hybridized carbons (Fsp3) is 0.167. The number of aromatic nitrogens is 3. The van der Waals surface area contributed by atoms with Crippen LogP contribution in [0.5, 0.6) is 0 Å². The molecular formula is C18H16Cl2N4O. The van der Waals surface area contributed by atoms with Crippen LogP contribution in [0, 0.1) is 0 Å². The third-order valence-corrected chi connectivity index (χ3v) is 4.64. The lowest BCUT2D eigenvalue weighted by molar-refractivity contribution is 0.0742. The Balaban J connectivity index is 1.86. The van der Waals surface area contributed by atoms with Crippen molar-refractivity contribution >= 4 is 29.1 Å². The van der Waals surface area contributed by atoms with Gasteiger partial charge in [0, 0.05) is 41.2 Å². The summed E-state index contributed by atoms with van der Waals surface area (Å²) in [4.78, 5) is 22.8. The molecule has 0 aliphatic rings.